The fourth-order valence-corrected chi connectivity index (χ4v) is 3.77. The number of thiophene rings is 1. The normalized spacial score (nSPS) is 13.0. The minimum Gasteiger partial charge on any atom is -0.350 e. The number of hydrogen-bond acceptors (Lipinski definition) is 5. The molecule has 0 radical (unpaired) electrons. The minimum atomic E-state index is -3.33. The molecule has 1 heterocycles. The second-order valence-corrected chi connectivity index (χ2v) is 8.50. The van der Waals surface area contributed by atoms with Crippen molar-refractivity contribution in [3.05, 3.63) is 52.2 Å². The minimum absolute atomic E-state index is 0.0806. The Morgan fingerprint density at radius 2 is 2.00 bits per heavy atom. The van der Waals surface area contributed by atoms with Crippen LogP contribution in [0.2, 0.25) is 0 Å². The van der Waals surface area contributed by atoms with E-state index in [-0.39, 0.29) is 16.8 Å². The van der Waals surface area contributed by atoms with Crippen LogP contribution in [0.4, 0.5) is 0 Å². The Morgan fingerprint density at radius 1 is 1.26 bits per heavy atom. The molecule has 0 spiro atoms. The van der Waals surface area contributed by atoms with E-state index in [1.165, 1.54) is 17.0 Å². The summed E-state index contributed by atoms with van der Waals surface area (Å²) >= 11 is 1.64. The van der Waals surface area contributed by atoms with Gasteiger partial charge >= 0.3 is 0 Å². The van der Waals surface area contributed by atoms with Gasteiger partial charge in [-0.15, -0.1) is 11.3 Å². The molecule has 1 atom stereocenters. The zero-order chi connectivity index (χ0) is 17.0. The van der Waals surface area contributed by atoms with Crippen molar-refractivity contribution < 1.29 is 13.2 Å². The number of rotatable bonds is 6. The average Bonchev–Trinajstić information content (AvgIpc) is 3.00. The van der Waals surface area contributed by atoms with Crippen LogP contribution in [0, 0.1) is 0 Å². The molecule has 2 aromatic rings. The standard InChI is InChI=1S/C16H20N2O3S2/c1-18(2)14(15-8-5-9-22-15)11-17-16(19)12-6-4-7-13(10-12)23(3,20)21/h4-10,14H,11H2,1-3H3,(H,17,19). The first-order valence-corrected chi connectivity index (χ1v) is 9.84. The summed E-state index contributed by atoms with van der Waals surface area (Å²) in [5, 5.41) is 4.88. The van der Waals surface area contributed by atoms with Crippen LogP contribution in [0.1, 0.15) is 21.3 Å². The molecule has 0 aliphatic carbocycles. The topological polar surface area (TPSA) is 66.5 Å². The number of benzene rings is 1. The highest BCUT2D eigenvalue weighted by atomic mass is 32.2. The first kappa shape index (κ1) is 17.7. The van der Waals surface area contributed by atoms with Crippen molar-refractivity contribution >= 4 is 27.1 Å². The summed E-state index contributed by atoms with van der Waals surface area (Å²) in [6, 6.07) is 10.2. The molecule has 7 heteroatoms. The number of nitrogens with one attached hydrogen (secondary N) is 1. The molecule has 1 amide bonds. The molecular weight excluding hydrogens is 332 g/mol. The lowest BCUT2D eigenvalue weighted by atomic mass is 10.2. The summed E-state index contributed by atoms with van der Waals surface area (Å²) in [5.41, 5.74) is 0.344. The number of nitrogens with zero attached hydrogens (tertiary/aromatic N) is 1. The van der Waals surface area contributed by atoms with Crippen LogP contribution >= 0.6 is 11.3 Å². The summed E-state index contributed by atoms with van der Waals surface area (Å²) in [6.07, 6.45) is 1.13. The van der Waals surface area contributed by atoms with Gasteiger partial charge in [-0.05, 0) is 43.7 Å². The van der Waals surface area contributed by atoms with E-state index in [0.29, 0.717) is 12.1 Å². The molecular formula is C16H20N2O3S2. The summed E-state index contributed by atoms with van der Waals surface area (Å²) in [6.45, 7) is 0.454. The number of carbonyl (C=O) groups excluding carboxylic acids is 1. The van der Waals surface area contributed by atoms with Gasteiger partial charge in [0, 0.05) is 23.2 Å². The van der Waals surface area contributed by atoms with Crippen LogP contribution in [0.5, 0.6) is 0 Å². The molecule has 23 heavy (non-hydrogen) atoms. The van der Waals surface area contributed by atoms with Gasteiger partial charge in [0.15, 0.2) is 9.84 Å². The van der Waals surface area contributed by atoms with E-state index < -0.39 is 9.84 Å². The smallest absolute Gasteiger partial charge is 0.251 e. The lowest BCUT2D eigenvalue weighted by Gasteiger charge is -2.23. The van der Waals surface area contributed by atoms with Crippen molar-refractivity contribution in [2.75, 3.05) is 26.9 Å². The van der Waals surface area contributed by atoms with E-state index in [1.807, 2.05) is 36.5 Å². The van der Waals surface area contributed by atoms with Crippen molar-refractivity contribution in [3.8, 4) is 0 Å². The van der Waals surface area contributed by atoms with Gasteiger partial charge in [-0.25, -0.2) is 8.42 Å². The Kier molecular flexibility index (Phi) is 5.56. The van der Waals surface area contributed by atoms with Crippen molar-refractivity contribution in [2.45, 2.75) is 10.9 Å². The number of carbonyl (C=O) groups is 1. The highest BCUT2D eigenvalue weighted by Crippen LogP contribution is 2.22. The van der Waals surface area contributed by atoms with E-state index >= 15 is 0 Å². The summed E-state index contributed by atoms with van der Waals surface area (Å²) in [5.74, 6) is -0.279. The van der Waals surface area contributed by atoms with Crippen LogP contribution < -0.4 is 5.32 Å². The molecule has 2 rings (SSSR count). The lowest BCUT2D eigenvalue weighted by Crippen LogP contribution is -2.34. The third-order valence-electron chi connectivity index (χ3n) is 3.48. The lowest BCUT2D eigenvalue weighted by molar-refractivity contribution is 0.0942. The van der Waals surface area contributed by atoms with Crippen molar-refractivity contribution in [3.63, 3.8) is 0 Å². The van der Waals surface area contributed by atoms with E-state index in [2.05, 4.69) is 5.32 Å². The van der Waals surface area contributed by atoms with Crippen molar-refractivity contribution in [1.82, 2.24) is 10.2 Å². The van der Waals surface area contributed by atoms with E-state index in [9.17, 15) is 13.2 Å². The zero-order valence-electron chi connectivity index (χ0n) is 13.3. The molecule has 0 saturated heterocycles. The van der Waals surface area contributed by atoms with Gasteiger partial charge in [0.25, 0.3) is 5.91 Å². The van der Waals surface area contributed by atoms with Crippen LogP contribution in [0.3, 0.4) is 0 Å². The van der Waals surface area contributed by atoms with Crippen LogP contribution in [0.25, 0.3) is 0 Å². The molecule has 1 unspecified atom stereocenters. The maximum Gasteiger partial charge on any atom is 0.251 e. The molecule has 0 fully saturated rings. The predicted octanol–water partition coefficient (Wildman–Crippen LogP) is 2.18. The third kappa shape index (κ3) is 4.63. The van der Waals surface area contributed by atoms with E-state index in [0.717, 1.165) is 6.26 Å². The number of likely N-dealkylation sites (N-methyl/N-ethyl adjacent to an activating group) is 1. The first-order valence-electron chi connectivity index (χ1n) is 7.07. The molecule has 1 aromatic carbocycles. The molecule has 0 aliphatic heterocycles. The van der Waals surface area contributed by atoms with E-state index in [4.69, 9.17) is 0 Å². The largest absolute Gasteiger partial charge is 0.350 e. The quantitative estimate of drug-likeness (QED) is 0.865. The number of amides is 1. The molecule has 124 valence electrons. The third-order valence-corrected chi connectivity index (χ3v) is 5.56. The summed E-state index contributed by atoms with van der Waals surface area (Å²) in [4.78, 5) is 15.7. The Balaban J connectivity index is 2.10. The Labute approximate surface area is 140 Å². The molecule has 1 aromatic heterocycles. The fraction of sp³-hybridized carbons (Fsp3) is 0.312. The Morgan fingerprint density at radius 3 is 2.57 bits per heavy atom. The number of hydrogen-bond donors (Lipinski definition) is 1. The zero-order valence-corrected chi connectivity index (χ0v) is 14.9. The molecule has 0 aliphatic rings. The first-order chi connectivity index (χ1) is 10.8. The second kappa shape index (κ2) is 7.25. The molecule has 0 bridgehead atoms. The van der Waals surface area contributed by atoms with Gasteiger partial charge in [0.2, 0.25) is 0 Å². The fourth-order valence-electron chi connectivity index (χ4n) is 2.18. The summed E-state index contributed by atoms with van der Waals surface area (Å²) in [7, 11) is 0.593. The van der Waals surface area contributed by atoms with Gasteiger partial charge < -0.3 is 10.2 Å². The van der Waals surface area contributed by atoms with Gasteiger partial charge in [0.1, 0.15) is 0 Å². The van der Waals surface area contributed by atoms with Crippen molar-refractivity contribution in [2.24, 2.45) is 0 Å². The van der Waals surface area contributed by atoms with Crippen LogP contribution in [-0.2, 0) is 9.84 Å². The Hall–Kier alpha value is -1.70. The SMILES string of the molecule is CN(C)C(CNC(=O)c1cccc(S(C)(=O)=O)c1)c1cccs1. The second-order valence-electron chi connectivity index (χ2n) is 5.50. The number of sulfone groups is 1. The van der Waals surface area contributed by atoms with Crippen LogP contribution in [0.15, 0.2) is 46.7 Å². The van der Waals surface area contributed by atoms with Gasteiger partial charge in [-0.3, -0.25) is 4.79 Å². The maximum absolute atomic E-state index is 12.3. The van der Waals surface area contributed by atoms with Gasteiger partial charge in [-0.1, -0.05) is 12.1 Å². The van der Waals surface area contributed by atoms with Gasteiger partial charge in [0.05, 0.1) is 10.9 Å². The predicted molar refractivity (Wildman–Crippen MR) is 92.6 cm³/mol. The molecule has 0 saturated carbocycles. The monoisotopic (exact) mass is 352 g/mol. The van der Waals surface area contributed by atoms with Gasteiger partial charge in [-0.2, -0.15) is 0 Å². The highest BCUT2D eigenvalue weighted by molar-refractivity contribution is 7.90. The molecule has 5 nitrogen and oxygen atoms in total. The maximum atomic E-state index is 12.3. The van der Waals surface area contributed by atoms with Crippen LogP contribution in [-0.4, -0.2) is 46.1 Å². The highest BCUT2D eigenvalue weighted by Gasteiger charge is 2.17. The Bertz CT molecular complexity index is 768. The average molecular weight is 352 g/mol. The van der Waals surface area contributed by atoms with E-state index in [1.54, 1.807) is 23.5 Å². The summed E-state index contributed by atoms with van der Waals surface area (Å²) < 4.78 is 23.2. The molecule has 1 N–H and O–H groups in total. The van der Waals surface area contributed by atoms with Crippen molar-refractivity contribution in [1.29, 1.82) is 0 Å².